The molecule has 2 atom stereocenters. The molecule has 20 heavy (non-hydrogen) atoms. The van der Waals surface area contributed by atoms with Gasteiger partial charge in [-0.05, 0) is 26.2 Å². The first kappa shape index (κ1) is 14.0. The average molecular weight is 281 g/mol. The Kier molecular flexibility index (Phi) is 4.05. The van der Waals surface area contributed by atoms with Crippen LogP contribution in [0.4, 0.5) is 0 Å². The van der Waals surface area contributed by atoms with Crippen molar-refractivity contribution in [2.75, 3.05) is 19.8 Å². The van der Waals surface area contributed by atoms with Crippen molar-refractivity contribution >= 4 is 0 Å². The van der Waals surface area contributed by atoms with Gasteiger partial charge in [-0.2, -0.15) is 4.98 Å². The number of nitrogens with zero attached hydrogens (tertiary/aromatic N) is 2. The summed E-state index contributed by atoms with van der Waals surface area (Å²) in [6.45, 7) is 3.99. The van der Waals surface area contributed by atoms with Gasteiger partial charge in [0.15, 0.2) is 0 Å². The highest BCUT2D eigenvalue weighted by molar-refractivity contribution is 5.06. The number of aromatic nitrogens is 2. The van der Waals surface area contributed by atoms with Crippen LogP contribution in [0.5, 0.6) is 0 Å². The number of rotatable bonds is 4. The van der Waals surface area contributed by atoms with Crippen LogP contribution in [-0.2, 0) is 15.1 Å². The molecule has 1 saturated carbocycles. The molecule has 1 saturated heterocycles. The molecule has 2 heterocycles. The summed E-state index contributed by atoms with van der Waals surface area (Å²) in [4.78, 5) is 4.63. The standard InChI is InChI=1S/C14H23N3O3/c1-2-19-14(5-7-18-8-6-14)13-16-12(20-17-13)10-3-4-11(15)9-10/h10-11H,2-9,15H2,1H3. The molecule has 0 radical (unpaired) electrons. The largest absolute Gasteiger partial charge is 0.381 e. The normalized spacial score (nSPS) is 29.7. The Hall–Kier alpha value is -0.980. The molecule has 6 heteroatoms. The van der Waals surface area contributed by atoms with Crippen LogP contribution in [0.25, 0.3) is 0 Å². The van der Waals surface area contributed by atoms with Crippen molar-refractivity contribution in [3.05, 3.63) is 11.7 Å². The molecule has 112 valence electrons. The molecule has 2 unspecified atom stereocenters. The quantitative estimate of drug-likeness (QED) is 0.904. The number of hydrogen-bond acceptors (Lipinski definition) is 6. The predicted octanol–water partition coefficient (Wildman–Crippen LogP) is 1.71. The lowest BCUT2D eigenvalue weighted by atomic mass is 9.93. The molecule has 3 rings (SSSR count). The van der Waals surface area contributed by atoms with Crippen LogP contribution >= 0.6 is 0 Å². The van der Waals surface area contributed by atoms with Crippen LogP contribution in [0.3, 0.4) is 0 Å². The van der Waals surface area contributed by atoms with Gasteiger partial charge in [-0.25, -0.2) is 0 Å². The van der Waals surface area contributed by atoms with Crippen molar-refractivity contribution in [3.8, 4) is 0 Å². The summed E-state index contributed by atoms with van der Waals surface area (Å²) in [6, 6.07) is 0.263. The van der Waals surface area contributed by atoms with Crippen molar-refractivity contribution in [2.24, 2.45) is 5.73 Å². The summed E-state index contributed by atoms with van der Waals surface area (Å²) in [5, 5.41) is 4.19. The van der Waals surface area contributed by atoms with Gasteiger partial charge in [0.25, 0.3) is 0 Å². The zero-order chi connectivity index (χ0) is 14.0. The lowest BCUT2D eigenvalue weighted by Gasteiger charge is -2.33. The monoisotopic (exact) mass is 281 g/mol. The first-order valence-electron chi connectivity index (χ1n) is 7.55. The van der Waals surface area contributed by atoms with E-state index >= 15 is 0 Å². The van der Waals surface area contributed by atoms with E-state index in [0.29, 0.717) is 31.6 Å². The summed E-state index contributed by atoms with van der Waals surface area (Å²) in [5.41, 5.74) is 5.52. The summed E-state index contributed by atoms with van der Waals surface area (Å²) in [7, 11) is 0. The second-order valence-electron chi connectivity index (χ2n) is 5.77. The predicted molar refractivity (Wildman–Crippen MR) is 72.2 cm³/mol. The molecule has 2 fully saturated rings. The third kappa shape index (κ3) is 2.60. The Morgan fingerprint density at radius 1 is 1.35 bits per heavy atom. The second-order valence-corrected chi connectivity index (χ2v) is 5.77. The molecule has 6 nitrogen and oxygen atoms in total. The maximum atomic E-state index is 5.96. The lowest BCUT2D eigenvalue weighted by molar-refractivity contribution is -0.118. The minimum absolute atomic E-state index is 0.263. The van der Waals surface area contributed by atoms with E-state index in [0.717, 1.165) is 38.0 Å². The van der Waals surface area contributed by atoms with E-state index in [4.69, 9.17) is 19.7 Å². The van der Waals surface area contributed by atoms with E-state index in [1.54, 1.807) is 0 Å². The Bertz CT molecular complexity index is 437. The highest BCUT2D eigenvalue weighted by atomic mass is 16.5. The zero-order valence-corrected chi connectivity index (χ0v) is 12.0. The molecule has 0 amide bonds. The van der Waals surface area contributed by atoms with E-state index in [9.17, 15) is 0 Å². The van der Waals surface area contributed by atoms with Crippen molar-refractivity contribution in [3.63, 3.8) is 0 Å². The van der Waals surface area contributed by atoms with Crippen LogP contribution in [0, 0.1) is 0 Å². The molecule has 0 spiro atoms. The van der Waals surface area contributed by atoms with Crippen LogP contribution in [0.2, 0.25) is 0 Å². The first-order chi connectivity index (χ1) is 9.73. The fourth-order valence-electron chi connectivity index (χ4n) is 3.24. The van der Waals surface area contributed by atoms with Crippen LogP contribution in [-0.4, -0.2) is 36.0 Å². The van der Waals surface area contributed by atoms with Gasteiger partial charge >= 0.3 is 0 Å². The molecule has 0 bridgehead atoms. The molecule has 1 aliphatic heterocycles. The van der Waals surface area contributed by atoms with E-state index in [1.807, 2.05) is 6.92 Å². The molecule has 2 N–H and O–H groups in total. The lowest BCUT2D eigenvalue weighted by Crippen LogP contribution is -2.37. The van der Waals surface area contributed by atoms with Gasteiger partial charge in [0.1, 0.15) is 5.60 Å². The minimum atomic E-state index is -0.435. The van der Waals surface area contributed by atoms with Crippen LogP contribution < -0.4 is 5.73 Å². The maximum Gasteiger partial charge on any atom is 0.229 e. The number of ether oxygens (including phenoxy) is 2. The van der Waals surface area contributed by atoms with Crippen molar-refractivity contribution in [2.45, 2.75) is 56.6 Å². The Balaban J connectivity index is 1.79. The summed E-state index contributed by atoms with van der Waals surface area (Å²) in [6.07, 6.45) is 4.57. The highest BCUT2D eigenvalue weighted by Gasteiger charge is 2.40. The smallest absolute Gasteiger partial charge is 0.229 e. The van der Waals surface area contributed by atoms with E-state index in [1.165, 1.54) is 0 Å². The first-order valence-corrected chi connectivity index (χ1v) is 7.55. The fourth-order valence-corrected chi connectivity index (χ4v) is 3.24. The summed E-state index contributed by atoms with van der Waals surface area (Å²) in [5.74, 6) is 1.71. The van der Waals surface area contributed by atoms with Gasteiger partial charge in [0.05, 0.1) is 0 Å². The molecule has 1 aromatic rings. The zero-order valence-electron chi connectivity index (χ0n) is 12.0. The van der Waals surface area contributed by atoms with E-state index in [2.05, 4.69) is 10.1 Å². The number of nitrogens with two attached hydrogens (primary N) is 1. The molecule has 1 aromatic heterocycles. The number of hydrogen-bond donors (Lipinski definition) is 1. The van der Waals surface area contributed by atoms with E-state index < -0.39 is 5.60 Å². The fraction of sp³-hybridized carbons (Fsp3) is 0.857. The topological polar surface area (TPSA) is 83.4 Å². The van der Waals surface area contributed by atoms with Crippen molar-refractivity contribution in [1.82, 2.24) is 10.1 Å². The Morgan fingerprint density at radius 2 is 2.15 bits per heavy atom. The SMILES string of the molecule is CCOC1(c2noc(C3CCC(N)C3)n2)CCOCC1. The second kappa shape index (κ2) is 5.79. The minimum Gasteiger partial charge on any atom is -0.381 e. The van der Waals surface area contributed by atoms with Gasteiger partial charge in [-0.1, -0.05) is 5.16 Å². The molecular weight excluding hydrogens is 258 g/mol. The summed E-state index contributed by atoms with van der Waals surface area (Å²) >= 11 is 0. The summed E-state index contributed by atoms with van der Waals surface area (Å²) < 4.78 is 16.9. The van der Waals surface area contributed by atoms with Crippen molar-refractivity contribution < 1.29 is 14.0 Å². The average Bonchev–Trinajstić information content (AvgIpc) is 3.09. The van der Waals surface area contributed by atoms with Gasteiger partial charge in [0.2, 0.25) is 11.7 Å². The highest BCUT2D eigenvalue weighted by Crippen LogP contribution is 2.37. The molecule has 0 aromatic carbocycles. The third-order valence-electron chi connectivity index (χ3n) is 4.39. The molecular formula is C14H23N3O3. The van der Waals surface area contributed by atoms with Gasteiger partial charge in [-0.15, -0.1) is 0 Å². The van der Waals surface area contributed by atoms with E-state index in [-0.39, 0.29) is 6.04 Å². The maximum absolute atomic E-state index is 5.96. The van der Waals surface area contributed by atoms with Gasteiger partial charge in [0, 0.05) is 44.6 Å². The van der Waals surface area contributed by atoms with Gasteiger partial charge < -0.3 is 19.7 Å². The van der Waals surface area contributed by atoms with Crippen molar-refractivity contribution in [1.29, 1.82) is 0 Å². The molecule has 2 aliphatic rings. The van der Waals surface area contributed by atoms with Gasteiger partial charge in [-0.3, -0.25) is 0 Å². The Labute approximate surface area is 119 Å². The Morgan fingerprint density at radius 3 is 2.80 bits per heavy atom. The molecule has 1 aliphatic carbocycles. The third-order valence-corrected chi connectivity index (χ3v) is 4.39. The van der Waals surface area contributed by atoms with Crippen LogP contribution in [0.15, 0.2) is 4.52 Å². The van der Waals surface area contributed by atoms with Crippen LogP contribution in [0.1, 0.15) is 56.7 Å².